The predicted molar refractivity (Wildman–Crippen MR) is 70.7 cm³/mol. The van der Waals surface area contributed by atoms with E-state index in [0.29, 0.717) is 17.8 Å². The van der Waals surface area contributed by atoms with Gasteiger partial charge in [-0.15, -0.1) is 0 Å². The van der Waals surface area contributed by atoms with E-state index in [-0.39, 0.29) is 5.91 Å². The van der Waals surface area contributed by atoms with Crippen LogP contribution in [0.2, 0.25) is 0 Å². The zero-order valence-electron chi connectivity index (χ0n) is 10.4. The minimum absolute atomic E-state index is 0.120. The van der Waals surface area contributed by atoms with Gasteiger partial charge in [0.1, 0.15) is 11.5 Å². The van der Waals surface area contributed by atoms with Gasteiger partial charge >= 0.3 is 0 Å². The minimum Gasteiger partial charge on any atom is -0.361 e. The van der Waals surface area contributed by atoms with E-state index in [4.69, 9.17) is 4.52 Å². The number of aryl methyl sites for hydroxylation is 1. The fourth-order valence-electron chi connectivity index (χ4n) is 2.05. The van der Waals surface area contributed by atoms with E-state index in [1.54, 1.807) is 12.1 Å². The van der Waals surface area contributed by atoms with Gasteiger partial charge in [-0.1, -0.05) is 11.2 Å². The monoisotopic (exact) mass is 255 g/mol. The van der Waals surface area contributed by atoms with E-state index < -0.39 is 0 Å². The highest BCUT2D eigenvalue weighted by atomic mass is 16.5. The molecule has 0 atom stereocenters. The number of nitrogens with zero attached hydrogens (tertiary/aromatic N) is 1. The smallest absolute Gasteiger partial charge is 0.252 e. The summed E-state index contributed by atoms with van der Waals surface area (Å²) in [6.45, 7) is 2.18. The van der Waals surface area contributed by atoms with Gasteiger partial charge in [0.2, 0.25) is 0 Å². The van der Waals surface area contributed by atoms with E-state index >= 15 is 0 Å². The van der Waals surface area contributed by atoms with Crippen LogP contribution in [0.25, 0.3) is 10.9 Å². The molecule has 0 aliphatic heterocycles. The Morgan fingerprint density at radius 1 is 1.42 bits per heavy atom. The number of hydrogen-bond donors (Lipinski definition) is 2. The molecular formula is C14H13N3O2. The molecule has 3 aromatic rings. The van der Waals surface area contributed by atoms with Crippen LogP contribution in [0, 0.1) is 6.92 Å². The molecule has 0 radical (unpaired) electrons. The predicted octanol–water partition coefficient (Wildman–Crippen LogP) is 2.39. The lowest BCUT2D eigenvalue weighted by atomic mass is 10.1. The van der Waals surface area contributed by atoms with E-state index in [1.807, 2.05) is 31.3 Å². The van der Waals surface area contributed by atoms with Gasteiger partial charge in [0.25, 0.3) is 5.91 Å². The van der Waals surface area contributed by atoms with Crippen LogP contribution >= 0.6 is 0 Å². The van der Waals surface area contributed by atoms with Crippen LogP contribution in [-0.4, -0.2) is 16.0 Å². The third-order valence-electron chi connectivity index (χ3n) is 2.95. The summed E-state index contributed by atoms with van der Waals surface area (Å²) in [7, 11) is 0. The van der Waals surface area contributed by atoms with Crippen molar-refractivity contribution in [2.24, 2.45) is 0 Å². The van der Waals surface area contributed by atoms with Gasteiger partial charge in [-0.2, -0.15) is 0 Å². The number of nitrogens with one attached hydrogen (secondary N) is 2. The number of benzene rings is 1. The molecule has 2 N–H and O–H groups in total. The number of carbonyl (C=O) groups is 1. The van der Waals surface area contributed by atoms with E-state index in [0.717, 1.165) is 16.7 Å². The molecule has 5 nitrogen and oxygen atoms in total. The topological polar surface area (TPSA) is 70.9 Å². The molecule has 0 saturated heterocycles. The Bertz CT molecular complexity index is 727. The molecule has 3 rings (SSSR count). The van der Waals surface area contributed by atoms with Crippen molar-refractivity contribution >= 4 is 16.8 Å². The zero-order valence-corrected chi connectivity index (χ0v) is 10.4. The molecule has 0 unspecified atom stereocenters. The second-order valence-corrected chi connectivity index (χ2v) is 4.36. The molecule has 19 heavy (non-hydrogen) atoms. The molecule has 0 aliphatic carbocycles. The zero-order chi connectivity index (χ0) is 13.2. The highest BCUT2D eigenvalue weighted by Gasteiger charge is 2.10. The number of amides is 1. The van der Waals surface area contributed by atoms with Gasteiger partial charge < -0.3 is 14.8 Å². The van der Waals surface area contributed by atoms with Crippen molar-refractivity contribution < 1.29 is 9.32 Å². The molecule has 0 bridgehead atoms. The number of rotatable bonds is 3. The van der Waals surface area contributed by atoms with Gasteiger partial charge in [0, 0.05) is 28.7 Å². The van der Waals surface area contributed by atoms with E-state index in [2.05, 4.69) is 15.5 Å². The first-order chi connectivity index (χ1) is 9.24. The summed E-state index contributed by atoms with van der Waals surface area (Å²) in [5, 5.41) is 7.59. The summed E-state index contributed by atoms with van der Waals surface area (Å²) in [6.07, 6.45) is 1.82. The van der Waals surface area contributed by atoms with Crippen molar-refractivity contribution in [3.8, 4) is 0 Å². The van der Waals surface area contributed by atoms with Gasteiger partial charge in [-0.25, -0.2) is 0 Å². The lowest BCUT2D eigenvalue weighted by Gasteiger charge is -2.04. The summed E-state index contributed by atoms with van der Waals surface area (Å²) in [5.74, 6) is 0.614. The average molecular weight is 255 g/mol. The van der Waals surface area contributed by atoms with Crippen LogP contribution in [0.3, 0.4) is 0 Å². The summed E-state index contributed by atoms with van der Waals surface area (Å²) >= 11 is 0. The molecule has 0 saturated carbocycles. The van der Waals surface area contributed by atoms with Crippen molar-refractivity contribution in [1.82, 2.24) is 15.5 Å². The largest absolute Gasteiger partial charge is 0.361 e. The fraction of sp³-hybridized carbons (Fsp3) is 0.143. The third kappa shape index (κ3) is 2.22. The summed E-state index contributed by atoms with van der Waals surface area (Å²) in [6, 6.07) is 9.29. The first-order valence-corrected chi connectivity index (χ1v) is 6.00. The molecule has 0 fully saturated rings. The van der Waals surface area contributed by atoms with Crippen LogP contribution in [0.1, 0.15) is 21.8 Å². The molecule has 0 aliphatic rings. The van der Waals surface area contributed by atoms with Crippen LogP contribution < -0.4 is 5.32 Å². The summed E-state index contributed by atoms with van der Waals surface area (Å²) in [4.78, 5) is 15.2. The number of aromatic nitrogens is 2. The van der Waals surface area contributed by atoms with Crippen LogP contribution in [0.4, 0.5) is 0 Å². The first kappa shape index (κ1) is 11.5. The molecule has 2 aromatic heterocycles. The SMILES string of the molecule is Cc1cc(CNC(=O)c2cccc3[nH]ccc23)no1. The Labute approximate surface area is 109 Å². The van der Waals surface area contributed by atoms with Crippen molar-refractivity contribution in [2.45, 2.75) is 13.5 Å². The highest BCUT2D eigenvalue weighted by molar-refractivity contribution is 6.06. The van der Waals surface area contributed by atoms with Crippen LogP contribution in [-0.2, 0) is 6.54 Å². The Morgan fingerprint density at radius 3 is 3.11 bits per heavy atom. The first-order valence-electron chi connectivity index (χ1n) is 6.00. The second kappa shape index (κ2) is 4.61. The Balaban J connectivity index is 1.78. The fourth-order valence-corrected chi connectivity index (χ4v) is 2.05. The number of H-pyrrole nitrogens is 1. The summed E-state index contributed by atoms with van der Waals surface area (Å²) < 4.78 is 4.95. The Hall–Kier alpha value is -2.56. The van der Waals surface area contributed by atoms with Gasteiger partial charge in [0.05, 0.1) is 6.54 Å². The molecule has 0 spiro atoms. The average Bonchev–Trinajstić information content (AvgIpc) is 3.03. The number of fused-ring (bicyclic) bond motifs is 1. The molecule has 5 heteroatoms. The lowest BCUT2D eigenvalue weighted by Crippen LogP contribution is -2.23. The van der Waals surface area contributed by atoms with Gasteiger partial charge in [-0.05, 0) is 25.1 Å². The standard InChI is InChI=1S/C14H13N3O2/c1-9-7-10(17-19-9)8-16-14(18)12-3-2-4-13-11(12)5-6-15-13/h2-7,15H,8H2,1H3,(H,16,18). The van der Waals surface area contributed by atoms with Crippen molar-refractivity contribution in [3.63, 3.8) is 0 Å². The Morgan fingerprint density at radius 2 is 2.32 bits per heavy atom. The van der Waals surface area contributed by atoms with Crippen molar-refractivity contribution in [3.05, 3.63) is 53.5 Å². The molecule has 2 heterocycles. The highest BCUT2D eigenvalue weighted by Crippen LogP contribution is 2.17. The van der Waals surface area contributed by atoms with Gasteiger partial charge in [-0.3, -0.25) is 4.79 Å². The number of aromatic amines is 1. The molecular weight excluding hydrogens is 242 g/mol. The van der Waals surface area contributed by atoms with Crippen LogP contribution in [0.5, 0.6) is 0 Å². The summed E-state index contributed by atoms with van der Waals surface area (Å²) in [5.41, 5.74) is 2.32. The molecule has 1 aromatic carbocycles. The Kier molecular flexibility index (Phi) is 2.79. The maximum Gasteiger partial charge on any atom is 0.252 e. The minimum atomic E-state index is -0.120. The molecule has 1 amide bonds. The second-order valence-electron chi connectivity index (χ2n) is 4.36. The maximum atomic E-state index is 12.2. The molecule has 96 valence electrons. The number of hydrogen-bond acceptors (Lipinski definition) is 3. The van der Waals surface area contributed by atoms with Crippen molar-refractivity contribution in [1.29, 1.82) is 0 Å². The quantitative estimate of drug-likeness (QED) is 0.755. The number of carbonyl (C=O) groups excluding carboxylic acids is 1. The van der Waals surface area contributed by atoms with Gasteiger partial charge in [0.15, 0.2) is 0 Å². The lowest BCUT2D eigenvalue weighted by molar-refractivity contribution is 0.0952. The van der Waals surface area contributed by atoms with E-state index in [9.17, 15) is 4.79 Å². The van der Waals surface area contributed by atoms with Crippen LogP contribution in [0.15, 0.2) is 41.1 Å². The van der Waals surface area contributed by atoms with Crippen molar-refractivity contribution in [2.75, 3.05) is 0 Å². The van der Waals surface area contributed by atoms with E-state index in [1.165, 1.54) is 0 Å². The maximum absolute atomic E-state index is 12.2. The normalized spacial score (nSPS) is 10.8. The third-order valence-corrected chi connectivity index (χ3v) is 2.95.